The second-order valence-corrected chi connectivity index (χ2v) is 4.22. The summed E-state index contributed by atoms with van der Waals surface area (Å²) in [5.41, 5.74) is 6.41. The topological polar surface area (TPSA) is 29.3 Å². The van der Waals surface area contributed by atoms with Crippen molar-refractivity contribution in [3.63, 3.8) is 0 Å². The third-order valence-corrected chi connectivity index (χ3v) is 3.06. The van der Waals surface area contributed by atoms with E-state index in [1.54, 1.807) is 6.07 Å². The van der Waals surface area contributed by atoms with Crippen LogP contribution in [-0.4, -0.2) is 24.5 Å². The molecule has 82 valence electrons. The smallest absolute Gasteiger partial charge is 0.127 e. The van der Waals surface area contributed by atoms with Crippen LogP contribution in [-0.2, 0) is 6.54 Å². The maximum atomic E-state index is 13.4. The van der Waals surface area contributed by atoms with Gasteiger partial charge in [-0.2, -0.15) is 0 Å². The molecule has 1 atom stereocenters. The molecule has 1 saturated heterocycles. The highest BCUT2D eigenvalue weighted by molar-refractivity contribution is 5.17. The first-order chi connectivity index (χ1) is 7.29. The van der Waals surface area contributed by atoms with Gasteiger partial charge in [-0.3, -0.25) is 4.90 Å². The molecule has 1 fully saturated rings. The van der Waals surface area contributed by atoms with Crippen LogP contribution in [0.3, 0.4) is 0 Å². The van der Waals surface area contributed by atoms with E-state index in [9.17, 15) is 4.39 Å². The molecule has 2 N–H and O–H groups in total. The zero-order valence-electron chi connectivity index (χ0n) is 8.82. The number of hydrogen-bond donors (Lipinski definition) is 1. The van der Waals surface area contributed by atoms with Crippen molar-refractivity contribution in [2.75, 3.05) is 19.6 Å². The number of hydrogen-bond acceptors (Lipinski definition) is 2. The monoisotopic (exact) mass is 208 g/mol. The number of benzene rings is 1. The van der Waals surface area contributed by atoms with Crippen molar-refractivity contribution in [2.45, 2.75) is 13.0 Å². The highest BCUT2D eigenvalue weighted by Gasteiger charge is 2.21. The third kappa shape index (κ3) is 2.55. The molecule has 1 aliphatic heterocycles. The minimum absolute atomic E-state index is 0.103. The van der Waals surface area contributed by atoms with E-state index < -0.39 is 0 Å². The highest BCUT2D eigenvalue weighted by Crippen LogP contribution is 2.18. The summed E-state index contributed by atoms with van der Waals surface area (Å²) in [6, 6.07) is 6.98. The van der Waals surface area contributed by atoms with Crippen LogP contribution in [0.2, 0.25) is 0 Å². The molecule has 0 amide bonds. The first kappa shape index (κ1) is 10.6. The zero-order valence-corrected chi connectivity index (χ0v) is 8.82. The molecule has 2 rings (SSSR count). The van der Waals surface area contributed by atoms with Crippen LogP contribution >= 0.6 is 0 Å². The van der Waals surface area contributed by atoms with Gasteiger partial charge < -0.3 is 5.73 Å². The van der Waals surface area contributed by atoms with Crippen molar-refractivity contribution in [3.8, 4) is 0 Å². The van der Waals surface area contributed by atoms with Crippen LogP contribution < -0.4 is 5.73 Å². The number of nitrogens with two attached hydrogens (primary N) is 1. The Kier molecular flexibility index (Phi) is 3.34. The number of halogens is 1. The predicted molar refractivity (Wildman–Crippen MR) is 58.8 cm³/mol. The molecule has 0 radical (unpaired) electrons. The fourth-order valence-corrected chi connectivity index (χ4v) is 2.12. The van der Waals surface area contributed by atoms with E-state index in [0.29, 0.717) is 12.5 Å². The van der Waals surface area contributed by atoms with Gasteiger partial charge in [0.1, 0.15) is 5.82 Å². The Hall–Kier alpha value is -0.930. The molecule has 0 saturated carbocycles. The van der Waals surface area contributed by atoms with Gasteiger partial charge in [-0.15, -0.1) is 0 Å². The van der Waals surface area contributed by atoms with Crippen molar-refractivity contribution in [1.29, 1.82) is 0 Å². The van der Waals surface area contributed by atoms with Gasteiger partial charge in [0.25, 0.3) is 0 Å². The van der Waals surface area contributed by atoms with E-state index >= 15 is 0 Å². The first-order valence-corrected chi connectivity index (χ1v) is 5.45. The lowest BCUT2D eigenvalue weighted by Crippen LogP contribution is -2.23. The van der Waals surface area contributed by atoms with Crippen LogP contribution in [0, 0.1) is 11.7 Å². The van der Waals surface area contributed by atoms with Crippen molar-refractivity contribution in [2.24, 2.45) is 11.7 Å². The molecule has 0 bridgehead atoms. The molecule has 0 aliphatic carbocycles. The van der Waals surface area contributed by atoms with Crippen molar-refractivity contribution < 1.29 is 4.39 Å². The summed E-state index contributed by atoms with van der Waals surface area (Å²) in [5.74, 6) is 0.491. The minimum atomic E-state index is -0.103. The van der Waals surface area contributed by atoms with Crippen molar-refractivity contribution >= 4 is 0 Å². The zero-order chi connectivity index (χ0) is 10.7. The maximum absolute atomic E-state index is 13.4. The highest BCUT2D eigenvalue weighted by atomic mass is 19.1. The van der Waals surface area contributed by atoms with Gasteiger partial charge in [0, 0.05) is 18.7 Å². The van der Waals surface area contributed by atoms with Gasteiger partial charge in [0.15, 0.2) is 0 Å². The standard InChI is InChI=1S/C12H17FN2/c13-12-4-2-1-3-11(12)9-15-6-5-10(7-14)8-15/h1-4,10H,5-9,14H2/t10-/m1/s1. The van der Waals surface area contributed by atoms with E-state index in [4.69, 9.17) is 5.73 Å². The quantitative estimate of drug-likeness (QED) is 0.817. The van der Waals surface area contributed by atoms with E-state index in [1.165, 1.54) is 6.07 Å². The number of nitrogens with zero attached hydrogens (tertiary/aromatic N) is 1. The van der Waals surface area contributed by atoms with Gasteiger partial charge in [-0.05, 0) is 31.5 Å². The number of rotatable bonds is 3. The summed E-state index contributed by atoms with van der Waals surface area (Å²) < 4.78 is 13.4. The SMILES string of the molecule is NC[C@H]1CCN(Cc2ccccc2F)C1. The van der Waals surface area contributed by atoms with E-state index in [2.05, 4.69) is 4.90 Å². The second kappa shape index (κ2) is 4.73. The summed E-state index contributed by atoms with van der Waals surface area (Å²) in [5, 5.41) is 0. The Bertz CT molecular complexity index is 327. The third-order valence-electron chi connectivity index (χ3n) is 3.06. The lowest BCUT2D eigenvalue weighted by atomic mass is 10.1. The van der Waals surface area contributed by atoms with Crippen LogP contribution in [0.5, 0.6) is 0 Å². The van der Waals surface area contributed by atoms with E-state index in [-0.39, 0.29) is 5.82 Å². The van der Waals surface area contributed by atoms with Gasteiger partial charge in [0.05, 0.1) is 0 Å². The average molecular weight is 208 g/mol. The summed E-state index contributed by atoms with van der Waals surface area (Å²) >= 11 is 0. The summed E-state index contributed by atoms with van der Waals surface area (Å²) in [6.07, 6.45) is 1.14. The second-order valence-electron chi connectivity index (χ2n) is 4.22. The summed E-state index contributed by atoms with van der Waals surface area (Å²) in [7, 11) is 0. The number of likely N-dealkylation sites (tertiary alicyclic amines) is 1. The molecule has 15 heavy (non-hydrogen) atoms. The predicted octanol–water partition coefficient (Wildman–Crippen LogP) is 1.61. The van der Waals surface area contributed by atoms with Crippen LogP contribution in [0.25, 0.3) is 0 Å². The molecule has 1 aromatic rings. The molecule has 0 unspecified atom stereocenters. The Labute approximate surface area is 89.9 Å². The molecule has 0 aromatic heterocycles. The first-order valence-electron chi connectivity index (χ1n) is 5.45. The van der Waals surface area contributed by atoms with Gasteiger partial charge in [-0.25, -0.2) is 4.39 Å². The normalized spacial score (nSPS) is 22.1. The van der Waals surface area contributed by atoms with Crippen LogP contribution in [0.4, 0.5) is 4.39 Å². The van der Waals surface area contributed by atoms with Gasteiger partial charge in [0.2, 0.25) is 0 Å². The molecule has 0 spiro atoms. The summed E-state index contributed by atoms with van der Waals surface area (Å²) in [6.45, 7) is 3.50. The Morgan fingerprint density at radius 3 is 2.87 bits per heavy atom. The summed E-state index contributed by atoms with van der Waals surface area (Å²) in [4.78, 5) is 2.27. The lowest BCUT2D eigenvalue weighted by molar-refractivity contribution is 0.312. The minimum Gasteiger partial charge on any atom is -0.330 e. The molecule has 2 nitrogen and oxygen atoms in total. The Balaban J connectivity index is 1.96. The Morgan fingerprint density at radius 1 is 1.40 bits per heavy atom. The lowest BCUT2D eigenvalue weighted by Gasteiger charge is -2.15. The largest absolute Gasteiger partial charge is 0.330 e. The molecule has 1 heterocycles. The van der Waals surface area contributed by atoms with Crippen LogP contribution in [0.1, 0.15) is 12.0 Å². The fourth-order valence-electron chi connectivity index (χ4n) is 2.12. The molecular formula is C12H17FN2. The van der Waals surface area contributed by atoms with Gasteiger partial charge in [-0.1, -0.05) is 18.2 Å². The van der Waals surface area contributed by atoms with Crippen molar-refractivity contribution in [3.05, 3.63) is 35.6 Å². The maximum Gasteiger partial charge on any atom is 0.127 e. The van der Waals surface area contributed by atoms with E-state index in [0.717, 1.165) is 31.6 Å². The van der Waals surface area contributed by atoms with Gasteiger partial charge >= 0.3 is 0 Å². The average Bonchev–Trinajstić information content (AvgIpc) is 2.69. The fraction of sp³-hybridized carbons (Fsp3) is 0.500. The molecular weight excluding hydrogens is 191 g/mol. The van der Waals surface area contributed by atoms with E-state index in [1.807, 2.05) is 12.1 Å². The molecule has 1 aliphatic rings. The molecule has 3 heteroatoms. The molecule has 1 aromatic carbocycles. The van der Waals surface area contributed by atoms with Crippen molar-refractivity contribution in [1.82, 2.24) is 4.90 Å². The Morgan fingerprint density at radius 2 is 2.20 bits per heavy atom. The van der Waals surface area contributed by atoms with Crippen LogP contribution in [0.15, 0.2) is 24.3 Å².